The van der Waals surface area contributed by atoms with E-state index in [1.54, 1.807) is 12.1 Å². The summed E-state index contributed by atoms with van der Waals surface area (Å²) in [5, 5.41) is 18.2. The van der Waals surface area contributed by atoms with E-state index < -0.39 is 17.9 Å². The number of carboxylic acid groups (broad SMARTS) is 1. The van der Waals surface area contributed by atoms with Crippen LogP contribution in [0.2, 0.25) is 5.02 Å². The fraction of sp³-hybridized carbons (Fsp3) is 0.0909. The average molecular weight is 297 g/mol. The minimum atomic E-state index is -1.34. The lowest BCUT2D eigenvalue weighted by Crippen LogP contribution is -2.34. The van der Waals surface area contributed by atoms with Crippen LogP contribution in [-0.4, -0.2) is 27.3 Å². The van der Waals surface area contributed by atoms with E-state index in [-0.39, 0.29) is 22.1 Å². The molecule has 104 valence electrons. The van der Waals surface area contributed by atoms with E-state index in [1.165, 1.54) is 12.1 Å². The number of nitrogens with two attached hydrogens (primary N) is 1. The summed E-state index contributed by atoms with van der Waals surface area (Å²) in [5.74, 6) is -2.33. The number of aromatic nitrogens is 2. The summed E-state index contributed by atoms with van der Waals surface area (Å²) >= 11 is 5.92. The number of rotatable bonds is 4. The Morgan fingerprint density at radius 1 is 1.35 bits per heavy atom. The molecule has 0 spiro atoms. The van der Waals surface area contributed by atoms with Crippen LogP contribution in [0.25, 0.3) is 0 Å². The topological polar surface area (TPSA) is 131 Å². The van der Waals surface area contributed by atoms with Gasteiger partial charge in [-0.2, -0.15) is 0 Å². The molecule has 1 amide bonds. The van der Waals surface area contributed by atoms with Crippen LogP contribution in [0.4, 0.5) is 5.82 Å². The van der Waals surface area contributed by atoms with Crippen molar-refractivity contribution in [2.24, 2.45) is 0 Å². The molecule has 0 saturated heterocycles. The average Bonchev–Trinajstić information content (AvgIpc) is 2.83. The fourth-order valence-electron chi connectivity index (χ4n) is 1.53. The highest BCUT2D eigenvalue weighted by Crippen LogP contribution is 2.23. The first-order valence-corrected chi connectivity index (χ1v) is 5.74. The molecule has 0 aliphatic heterocycles. The molecule has 0 fully saturated rings. The number of hydrogen-bond donors (Lipinski definition) is 3. The monoisotopic (exact) mass is 296 g/mol. The van der Waals surface area contributed by atoms with Gasteiger partial charge >= 0.3 is 5.97 Å². The summed E-state index contributed by atoms with van der Waals surface area (Å²) in [4.78, 5) is 23.1. The van der Waals surface area contributed by atoms with Crippen LogP contribution in [0.1, 0.15) is 22.1 Å². The van der Waals surface area contributed by atoms with E-state index >= 15 is 0 Å². The van der Waals surface area contributed by atoms with E-state index in [2.05, 4.69) is 20.3 Å². The summed E-state index contributed by atoms with van der Waals surface area (Å²) in [5.41, 5.74) is 5.31. The minimum absolute atomic E-state index is 0.214. The molecule has 2 rings (SSSR count). The Morgan fingerprint density at radius 3 is 2.60 bits per heavy atom. The number of carboxylic acids is 1. The lowest BCUT2D eigenvalue weighted by Gasteiger charge is -2.15. The van der Waals surface area contributed by atoms with Crippen LogP contribution in [0, 0.1) is 0 Å². The van der Waals surface area contributed by atoms with Gasteiger partial charge in [-0.1, -0.05) is 29.8 Å². The third-order valence-corrected chi connectivity index (χ3v) is 2.81. The Kier molecular flexibility index (Phi) is 3.85. The van der Waals surface area contributed by atoms with E-state index in [1.807, 2.05) is 0 Å². The second-order valence-electron chi connectivity index (χ2n) is 3.76. The van der Waals surface area contributed by atoms with Gasteiger partial charge in [-0.05, 0) is 16.4 Å². The largest absolute Gasteiger partial charge is 0.479 e. The van der Waals surface area contributed by atoms with Gasteiger partial charge in [0.15, 0.2) is 6.04 Å². The molecule has 0 radical (unpaired) electrons. The second-order valence-corrected chi connectivity index (χ2v) is 4.17. The van der Waals surface area contributed by atoms with Gasteiger partial charge in [0, 0.05) is 10.6 Å². The van der Waals surface area contributed by atoms with Crippen LogP contribution >= 0.6 is 11.6 Å². The summed E-state index contributed by atoms with van der Waals surface area (Å²) < 4.78 is 4.28. The Bertz CT molecular complexity index is 657. The quantitative estimate of drug-likeness (QED) is 0.762. The zero-order chi connectivity index (χ0) is 14.7. The van der Waals surface area contributed by atoms with Crippen molar-refractivity contribution in [1.82, 2.24) is 15.6 Å². The Hall–Kier alpha value is -2.61. The fourth-order valence-corrected chi connectivity index (χ4v) is 1.78. The molecule has 20 heavy (non-hydrogen) atoms. The molecule has 0 unspecified atom stereocenters. The maximum Gasteiger partial charge on any atom is 0.330 e. The first-order chi connectivity index (χ1) is 9.50. The smallest absolute Gasteiger partial charge is 0.330 e. The number of nitrogen functional groups attached to an aromatic ring is 1. The molecule has 8 nitrogen and oxygen atoms in total. The molecule has 1 heterocycles. The maximum absolute atomic E-state index is 11.9. The lowest BCUT2D eigenvalue weighted by molar-refractivity contribution is -0.139. The number of carbonyl (C=O) groups excluding carboxylic acids is 1. The molecule has 0 saturated carbocycles. The standard InChI is InChI=1S/C11H9ClN4O4/c12-6-4-2-1-3-5(6)7(11(18)19)14-10(17)8-9(13)16-20-15-8/h1-4,7H,(H2,13,16)(H,14,17)(H,18,19)/t7-/m1/s1. The molecule has 2 aromatic rings. The Balaban J connectivity index is 2.28. The first kappa shape index (κ1) is 13.8. The zero-order valence-corrected chi connectivity index (χ0v) is 10.7. The number of anilines is 1. The van der Waals surface area contributed by atoms with Gasteiger partial charge in [0.1, 0.15) is 0 Å². The Labute approximate surface area is 117 Å². The van der Waals surface area contributed by atoms with Crippen molar-refractivity contribution in [3.63, 3.8) is 0 Å². The van der Waals surface area contributed by atoms with Gasteiger partial charge in [-0.15, -0.1) is 0 Å². The third-order valence-electron chi connectivity index (χ3n) is 2.47. The predicted octanol–water partition coefficient (Wildman–Crippen LogP) is 0.861. The van der Waals surface area contributed by atoms with Gasteiger partial charge in [-0.3, -0.25) is 4.79 Å². The highest BCUT2D eigenvalue weighted by Gasteiger charge is 2.27. The van der Waals surface area contributed by atoms with E-state index in [9.17, 15) is 14.7 Å². The summed E-state index contributed by atoms with van der Waals surface area (Å²) in [6.07, 6.45) is 0. The van der Waals surface area contributed by atoms with Crippen molar-refractivity contribution in [2.75, 3.05) is 5.73 Å². The zero-order valence-electron chi connectivity index (χ0n) is 9.91. The van der Waals surface area contributed by atoms with Crippen LogP contribution in [-0.2, 0) is 4.79 Å². The Morgan fingerprint density at radius 2 is 2.05 bits per heavy atom. The summed E-state index contributed by atoms with van der Waals surface area (Å²) in [6, 6.07) is 4.92. The number of aliphatic carboxylic acids is 1. The molecule has 9 heteroatoms. The number of benzene rings is 1. The van der Waals surface area contributed by atoms with Crippen molar-refractivity contribution in [1.29, 1.82) is 0 Å². The lowest BCUT2D eigenvalue weighted by atomic mass is 10.1. The van der Waals surface area contributed by atoms with Crippen LogP contribution in [0.5, 0.6) is 0 Å². The number of nitrogens with zero attached hydrogens (tertiary/aromatic N) is 2. The van der Waals surface area contributed by atoms with Gasteiger partial charge in [0.25, 0.3) is 5.91 Å². The molecule has 4 N–H and O–H groups in total. The van der Waals surface area contributed by atoms with E-state index in [4.69, 9.17) is 17.3 Å². The molecule has 0 aliphatic rings. The number of carbonyl (C=O) groups is 2. The maximum atomic E-state index is 11.9. The number of halogens is 1. The first-order valence-electron chi connectivity index (χ1n) is 5.37. The predicted molar refractivity (Wildman–Crippen MR) is 68.0 cm³/mol. The molecule has 0 aliphatic carbocycles. The molecule has 0 bridgehead atoms. The number of hydrogen-bond acceptors (Lipinski definition) is 6. The summed E-state index contributed by atoms with van der Waals surface area (Å²) in [6.45, 7) is 0. The molecule has 1 atom stereocenters. The van der Waals surface area contributed by atoms with E-state index in [0.29, 0.717) is 0 Å². The van der Waals surface area contributed by atoms with Gasteiger partial charge in [-0.25, -0.2) is 9.42 Å². The SMILES string of the molecule is Nc1nonc1C(=O)N[C@@H](C(=O)O)c1ccccc1Cl. The summed E-state index contributed by atoms with van der Waals surface area (Å²) in [7, 11) is 0. The van der Waals surface area contributed by atoms with Gasteiger partial charge < -0.3 is 16.2 Å². The highest BCUT2D eigenvalue weighted by molar-refractivity contribution is 6.31. The normalized spacial score (nSPS) is 11.8. The van der Waals surface area contributed by atoms with E-state index in [0.717, 1.165) is 0 Å². The van der Waals surface area contributed by atoms with Crippen molar-refractivity contribution in [3.05, 3.63) is 40.5 Å². The molecular formula is C11H9ClN4O4. The van der Waals surface area contributed by atoms with Crippen molar-refractivity contribution in [3.8, 4) is 0 Å². The molecule has 1 aromatic carbocycles. The van der Waals surface area contributed by atoms with Crippen LogP contribution < -0.4 is 11.1 Å². The second kappa shape index (κ2) is 5.57. The van der Waals surface area contributed by atoms with Gasteiger partial charge in [0.05, 0.1) is 0 Å². The third kappa shape index (κ3) is 2.69. The number of nitrogens with one attached hydrogen (secondary N) is 1. The van der Waals surface area contributed by atoms with Crippen LogP contribution in [0.15, 0.2) is 28.9 Å². The van der Waals surface area contributed by atoms with Crippen molar-refractivity contribution >= 4 is 29.3 Å². The minimum Gasteiger partial charge on any atom is -0.479 e. The van der Waals surface area contributed by atoms with Crippen molar-refractivity contribution in [2.45, 2.75) is 6.04 Å². The van der Waals surface area contributed by atoms with Crippen molar-refractivity contribution < 1.29 is 19.3 Å². The molecule has 1 aromatic heterocycles. The van der Waals surface area contributed by atoms with Crippen LogP contribution in [0.3, 0.4) is 0 Å². The number of amides is 1. The molecular weight excluding hydrogens is 288 g/mol. The highest BCUT2D eigenvalue weighted by atomic mass is 35.5. The van der Waals surface area contributed by atoms with Gasteiger partial charge in [0.2, 0.25) is 11.5 Å².